The Hall–Kier alpha value is -3.50. The Kier molecular flexibility index (Phi) is 5.76. The van der Waals surface area contributed by atoms with Crippen molar-refractivity contribution in [3.8, 4) is 17.3 Å². The molecular weight excluding hydrogens is 396 g/mol. The molecule has 0 aliphatic heterocycles. The van der Waals surface area contributed by atoms with Crippen molar-refractivity contribution in [1.82, 2.24) is 20.4 Å². The second-order valence-corrected chi connectivity index (χ2v) is 5.95. The van der Waals surface area contributed by atoms with Crippen LogP contribution >= 0.6 is 0 Å². The zero-order chi connectivity index (χ0) is 21.0. The van der Waals surface area contributed by atoms with E-state index in [2.05, 4.69) is 25.2 Å². The number of carbonyl (C=O) groups is 1. The second kappa shape index (κ2) is 8.25. The fourth-order valence-corrected chi connectivity index (χ4v) is 2.22. The third-order valence-electron chi connectivity index (χ3n) is 3.64. The van der Waals surface area contributed by atoms with Crippen LogP contribution in [0.5, 0.6) is 5.88 Å². The predicted molar refractivity (Wildman–Crippen MR) is 91.4 cm³/mol. The summed E-state index contributed by atoms with van der Waals surface area (Å²) in [7, 11) is 0. The van der Waals surface area contributed by atoms with E-state index in [0.717, 1.165) is 12.3 Å². The number of aromatic nitrogens is 3. The van der Waals surface area contributed by atoms with E-state index in [0.29, 0.717) is 5.56 Å². The highest BCUT2D eigenvalue weighted by molar-refractivity contribution is 5.94. The van der Waals surface area contributed by atoms with Crippen LogP contribution in [0.2, 0.25) is 0 Å². The van der Waals surface area contributed by atoms with E-state index >= 15 is 0 Å². The number of nitrogens with zero attached hydrogens (tertiary/aromatic N) is 3. The molecule has 29 heavy (non-hydrogen) atoms. The zero-order valence-corrected chi connectivity index (χ0v) is 14.9. The summed E-state index contributed by atoms with van der Waals surface area (Å²) in [6.07, 6.45) is -3.39. The van der Waals surface area contributed by atoms with E-state index in [-0.39, 0.29) is 23.2 Å². The number of rotatable bonds is 6. The number of ether oxygens (including phenoxy) is 1. The molecule has 0 saturated heterocycles. The molecule has 2 aromatic heterocycles. The van der Waals surface area contributed by atoms with Gasteiger partial charge in [0.1, 0.15) is 11.9 Å². The SMILES string of the molecule is CC(NC(=O)c1ccc(OCC(F)(F)F)nc1)c1nc(-c2ccc(F)cc2)no1. The zero-order valence-electron chi connectivity index (χ0n) is 14.9. The molecule has 0 radical (unpaired) electrons. The molecule has 2 heterocycles. The molecule has 0 spiro atoms. The fourth-order valence-electron chi connectivity index (χ4n) is 2.22. The lowest BCUT2D eigenvalue weighted by atomic mass is 10.2. The van der Waals surface area contributed by atoms with Crippen LogP contribution in [0.15, 0.2) is 47.1 Å². The molecule has 7 nitrogen and oxygen atoms in total. The number of amides is 1. The Bertz CT molecular complexity index is 972. The summed E-state index contributed by atoms with van der Waals surface area (Å²) >= 11 is 0. The summed E-state index contributed by atoms with van der Waals surface area (Å²) < 4.78 is 59.0. The minimum absolute atomic E-state index is 0.106. The molecule has 0 aliphatic carbocycles. The number of nitrogens with one attached hydrogen (secondary N) is 1. The highest BCUT2D eigenvalue weighted by atomic mass is 19.4. The summed E-state index contributed by atoms with van der Waals surface area (Å²) in [4.78, 5) is 20.1. The minimum atomic E-state index is -4.48. The maximum absolute atomic E-state index is 13.0. The van der Waals surface area contributed by atoms with Crippen LogP contribution in [0.4, 0.5) is 17.6 Å². The molecule has 1 atom stereocenters. The normalized spacial score (nSPS) is 12.4. The average Bonchev–Trinajstić information content (AvgIpc) is 3.17. The average molecular weight is 410 g/mol. The number of hydrogen-bond donors (Lipinski definition) is 1. The Morgan fingerprint density at radius 3 is 2.55 bits per heavy atom. The molecule has 0 saturated carbocycles. The highest BCUT2D eigenvalue weighted by Crippen LogP contribution is 2.20. The van der Waals surface area contributed by atoms with Gasteiger partial charge in [-0.15, -0.1) is 0 Å². The van der Waals surface area contributed by atoms with Crippen molar-refractivity contribution in [2.75, 3.05) is 6.61 Å². The van der Waals surface area contributed by atoms with Gasteiger partial charge in [-0.05, 0) is 37.3 Å². The van der Waals surface area contributed by atoms with Gasteiger partial charge >= 0.3 is 6.18 Å². The first-order valence-electron chi connectivity index (χ1n) is 8.27. The molecule has 152 valence electrons. The first-order chi connectivity index (χ1) is 13.7. The largest absolute Gasteiger partial charge is 0.468 e. The fraction of sp³-hybridized carbons (Fsp3) is 0.222. The lowest BCUT2D eigenvalue weighted by Crippen LogP contribution is -2.27. The molecule has 0 aliphatic rings. The Labute approximate surface area is 161 Å². The van der Waals surface area contributed by atoms with E-state index in [4.69, 9.17) is 4.52 Å². The van der Waals surface area contributed by atoms with Crippen LogP contribution in [0.25, 0.3) is 11.4 Å². The van der Waals surface area contributed by atoms with Crippen molar-refractivity contribution in [2.24, 2.45) is 0 Å². The summed E-state index contributed by atoms with van der Waals surface area (Å²) in [5.41, 5.74) is 0.646. The second-order valence-electron chi connectivity index (χ2n) is 5.95. The number of hydrogen-bond acceptors (Lipinski definition) is 6. The molecular formula is C18H14F4N4O3. The van der Waals surface area contributed by atoms with Gasteiger partial charge in [0.05, 0.1) is 5.56 Å². The molecule has 1 amide bonds. The third-order valence-corrected chi connectivity index (χ3v) is 3.64. The Morgan fingerprint density at radius 1 is 1.21 bits per heavy atom. The summed E-state index contributed by atoms with van der Waals surface area (Å²) in [6, 6.07) is 7.26. The monoisotopic (exact) mass is 410 g/mol. The van der Waals surface area contributed by atoms with Gasteiger partial charge in [0.25, 0.3) is 5.91 Å². The van der Waals surface area contributed by atoms with Gasteiger partial charge in [-0.2, -0.15) is 18.2 Å². The molecule has 1 unspecified atom stereocenters. The third kappa shape index (κ3) is 5.50. The van der Waals surface area contributed by atoms with Crippen molar-refractivity contribution < 1.29 is 31.6 Å². The maximum atomic E-state index is 13.0. The first-order valence-corrected chi connectivity index (χ1v) is 8.27. The topological polar surface area (TPSA) is 90.1 Å². The van der Waals surface area contributed by atoms with E-state index in [1.807, 2.05) is 0 Å². The molecule has 3 aromatic rings. The van der Waals surface area contributed by atoms with Crippen LogP contribution in [-0.2, 0) is 0 Å². The van der Waals surface area contributed by atoms with Gasteiger partial charge in [-0.1, -0.05) is 5.16 Å². The minimum Gasteiger partial charge on any atom is -0.468 e. The van der Waals surface area contributed by atoms with Gasteiger partial charge in [-0.3, -0.25) is 4.79 Å². The number of carbonyl (C=O) groups excluding carboxylic acids is 1. The van der Waals surface area contributed by atoms with Gasteiger partial charge < -0.3 is 14.6 Å². The van der Waals surface area contributed by atoms with Crippen molar-refractivity contribution in [2.45, 2.75) is 19.1 Å². The molecule has 0 fully saturated rings. The first kappa shape index (κ1) is 20.2. The summed E-state index contributed by atoms with van der Waals surface area (Å²) in [5, 5.41) is 6.39. The van der Waals surface area contributed by atoms with E-state index in [1.54, 1.807) is 6.92 Å². The number of alkyl halides is 3. The number of pyridine rings is 1. The van der Waals surface area contributed by atoms with Crippen LogP contribution in [0.3, 0.4) is 0 Å². The highest BCUT2D eigenvalue weighted by Gasteiger charge is 2.28. The van der Waals surface area contributed by atoms with Gasteiger partial charge in [0.15, 0.2) is 6.61 Å². The number of halogens is 4. The predicted octanol–water partition coefficient (Wildman–Crippen LogP) is 3.70. The smallest absolute Gasteiger partial charge is 0.422 e. The van der Waals surface area contributed by atoms with Gasteiger partial charge in [0.2, 0.25) is 17.6 Å². The molecule has 11 heteroatoms. The van der Waals surface area contributed by atoms with Crippen LogP contribution in [0.1, 0.15) is 29.2 Å². The maximum Gasteiger partial charge on any atom is 0.422 e. The number of benzene rings is 1. The van der Waals surface area contributed by atoms with Crippen molar-refractivity contribution in [1.29, 1.82) is 0 Å². The molecule has 0 bridgehead atoms. The van der Waals surface area contributed by atoms with Crippen molar-refractivity contribution in [3.63, 3.8) is 0 Å². The van der Waals surface area contributed by atoms with E-state index in [1.165, 1.54) is 30.3 Å². The summed E-state index contributed by atoms with van der Waals surface area (Å²) in [6.45, 7) is 0.129. The molecule has 1 N–H and O–H groups in total. The van der Waals surface area contributed by atoms with Gasteiger partial charge in [-0.25, -0.2) is 9.37 Å². The summed E-state index contributed by atoms with van der Waals surface area (Å²) in [5.74, 6) is -0.854. The standard InChI is InChI=1S/C18H14F4N4O3/c1-10(17-25-15(26-29-17)11-2-5-13(19)6-3-11)24-16(27)12-4-7-14(23-8-12)28-9-18(20,21)22/h2-8,10H,9H2,1H3,(H,24,27). The Morgan fingerprint density at radius 2 is 1.93 bits per heavy atom. The molecule has 3 rings (SSSR count). The van der Waals surface area contributed by atoms with E-state index < -0.39 is 30.5 Å². The van der Waals surface area contributed by atoms with Crippen LogP contribution in [0, 0.1) is 5.82 Å². The van der Waals surface area contributed by atoms with Crippen molar-refractivity contribution >= 4 is 5.91 Å². The molecule has 1 aromatic carbocycles. The lowest BCUT2D eigenvalue weighted by molar-refractivity contribution is -0.154. The van der Waals surface area contributed by atoms with Crippen LogP contribution in [-0.4, -0.2) is 33.8 Å². The lowest BCUT2D eigenvalue weighted by Gasteiger charge is -2.10. The Balaban J connectivity index is 1.61. The quantitative estimate of drug-likeness (QED) is 0.624. The van der Waals surface area contributed by atoms with Crippen LogP contribution < -0.4 is 10.1 Å². The van der Waals surface area contributed by atoms with Crippen molar-refractivity contribution in [3.05, 3.63) is 59.9 Å². The van der Waals surface area contributed by atoms with E-state index in [9.17, 15) is 22.4 Å². The van der Waals surface area contributed by atoms with Gasteiger partial charge in [0, 0.05) is 17.8 Å².